The predicted molar refractivity (Wildman–Crippen MR) is 171 cm³/mol. The van der Waals surface area contributed by atoms with E-state index in [1.165, 1.54) is 143 Å². The molecule has 3 rings (SSSR count). The Hall–Kier alpha value is -1.82. The maximum atomic E-state index is 2.60. The molecule has 0 bridgehead atoms. The van der Waals surface area contributed by atoms with Gasteiger partial charge >= 0.3 is 0 Å². The smallest absolute Gasteiger partial charge is 0.0215 e. The number of unbranched alkanes of at least 4 members (excludes halogenated alkanes) is 12. The molecule has 38 heavy (non-hydrogen) atoms. The van der Waals surface area contributed by atoms with Crippen molar-refractivity contribution in [2.75, 3.05) is 0 Å². The number of hydrogen-bond donors (Lipinski definition) is 0. The molecule has 0 saturated carbocycles. The van der Waals surface area contributed by atoms with Crippen LogP contribution in [-0.2, 0) is 5.41 Å². The van der Waals surface area contributed by atoms with Gasteiger partial charge in [0, 0.05) is 5.41 Å². The zero-order chi connectivity index (χ0) is 27.2. The van der Waals surface area contributed by atoms with Gasteiger partial charge in [-0.15, -0.1) is 0 Å². The van der Waals surface area contributed by atoms with Crippen LogP contribution in [0.4, 0.5) is 0 Å². The highest BCUT2D eigenvalue weighted by Crippen LogP contribution is 2.54. The molecule has 0 heteroatoms. The van der Waals surface area contributed by atoms with Crippen molar-refractivity contribution >= 4 is 6.08 Å². The average molecular weight is 515 g/mol. The highest BCUT2D eigenvalue weighted by atomic mass is 14.4. The molecular formula is C38H58. The van der Waals surface area contributed by atoms with Crippen LogP contribution in [0, 0.1) is 6.92 Å². The van der Waals surface area contributed by atoms with E-state index >= 15 is 0 Å². The van der Waals surface area contributed by atoms with Crippen LogP contribution >= 0.6 is 0 Å². The van der Waals surface area contributed by atoms with Crippen molar-refractivity contribution in [1.82, 2.24) is 0 Å². The van der Waals surface area contributed by atoms with E-state index in [4.69, 9.17) is 0 Å². The maximum absolute atomic E-state index is 2.60. The van der Waals surface area contributed by atoms with Gasteiger partial charge in [0.15, 0.2) is 0 Å². The lowest BCUT2D eigenvalue weighted by Gasteiger charge is -2.33. The first-order chi connectivity index (χ1) is 18.6. The van der Waals surface area contributed by atoms with Gasteiger partial charge < -0.3 is 0 Å². The summed E-state index contributed by atoms with van der Waals surface area (Å²) in [4.78, 5) is 0. The summed E-state index contributed by atoms with van der Waals surface area (Å²) < 4.78 is 0. The Labute approximate surface area is 236 Å². The van der Waals surface area contributed by atoms with E-state index in [-0.39, 0.29) is 5.41 Å². The number of benzene rings is 2. The van der Waals surface area contributed by atoms with Crippen molar-refractivity contribution in [2.45, 2.75) is 156 Å². The van der Waals surface area contributed by atoms with Crippen molar-refractivity contribution in [3.05, 3.63) is 64.2 Å². The largest absolute Gasteiger partial charge is 0.0727 e. The monoisotopic (exact) mass is 514 g/mol. The second-order valence-electron chi connectivity index (χ2n) is 12.4. The highest BCUT2D eigenvalue weighted by molar-refractivity contribution is 5.82. The van der Waals surface area contributed by atoms with E-state index in [9.17, 15) is 0 Å². The molecule has 0 saturated heterocycles. The Bertz CT molecular complexity index is 975. The highest BCUT2D eigenvalue weighted by Gasteiger charge is 2.42. The van der Waals surface area contributed by atoms with Gasteiger partial charge in [0.1, 0.15) is 0 Å². The molecule has 0 fully saturated rings. The predicted octanol–water partition coefficient (Wildman–Crippen LogP) is 12.7. The third kappa shape index (κ3) is 8.34. The molecule has 0 atom stereocenters. The van der Waals surface area contributed by atoms with Gasteiger partial charge in [-0.1, -0.05) is 164 Å². The van der Waals surface area contributed by atoms with Crippen LogP contribution in [0.2, 0.25) is 0 Å². The Kier molecular flexibility index (Phi) is 13.2. The first kappa shape index (κ1) is 30.7. The minimum absolute atomic E-state index is 0.187. The quantitative estimate of drug-likeness (QED) is 0.163. The standard InChI is InChI=1S/C38H58/c1-6-9-12-14-16-19-26-38(27-20-17-15-13-10-7-2)36-29-32(5)22-24-34(36)35-25-23-33(30-37(35)38)28-31(4)21-18-11-8-3/h22-25,28-30H,6-21,26-27H2,1-5H3. The van der Waals surface area contributed by atoms with Crippen LogP contribution in [0.1, 0.15) is 166 Å². The van der Waals surface area contributed by atoms with Crippen molar-refractivity contribution < 1.29 is 0 Å². The number of allylic oxidation sites excluding steroid dienone is 1. The number of fused-ring (bicyclic) bond motifs is 3. The lowest BCUT2D eigenvalue weighted by molar-refractivity contribution is 0.397. The van der Waals surface area contributed by atoms with Gasteiger partial charge in [-0.25, -0.2) is 0 Å². The van der Waals surface area contributed by atoms with E-state index in [0.29, 0.717) is 0 Å². The molecule has 0 heterocycles. The van der Waals surface area contributed by atoms with Crippen LogP contribution in [0.3, 0.4) is 0 Å². The van der Waals surface area contributed by atoms with Crippen molar-refractivity contribution in [2.24, 2.45) is 0 Å². The Morgan fingerprint density at radius 3 is 1.71 bits per heavy atom. The molecule has 0 aromatic heterocycles. The molecule has 0 aliphatic heterocycles. The van der Waals surface area contributed by atoms with E-state index in [0.717, 1.165) is 0 Å². The molecule has 2 aromatic rings. The molecule has 1 aliphatic rings. The molecule has 0 nitrogen and oxygen atoms in total. The summed E-state index contributed by atoms with van der Waals surface area (Å²) in [6.45, 7) is 11.6. The average Bonchev–Trinajstić information content (AvgIpc) is 3.16. The van der Waals surface area contributed by atoms with Gasteiger partial charge in [0.2, 0.25) is 0 Å². The fourth-order valence-electron chi connectivity index (χ4n) is 6.80. The summed E-state index contributed by atoms with van der Waals surface area (Å²) in [6, 6.07) is 14.8. The molecule has 0 radical (unpaired) electrons. The fraction of sp³-hybridized carbons (Fsp3) is 0.632. The normalized spacial score (nSPS) is 14.1. The molecule has 0 N–H and O–H groups in total. The third-order valence-corrected chi connectivity index (χ3v) is 9.04. The second-order valence-corrected chi connectivity index (χ2v) is 12.4. The van der Waals surface area contributed by atoms with Crippen LogP contribution in [0.25, 0.3) is 17.2 Å². The Balaban J connectivity index is 1.92. The summed E-state index contributed by atoms with van der Waals surface area (Å²) in [6.07, 6.45) is 26.8. The number of aryl methyl sites for hydroxylation is 1. The van der Waals surface area contributed by atoms with E-state index in [1.807, 2.05) is 0 Å². The molecule has 0 spiro atoms. The van der Waals surface area contributed by atoms with Crippen molar-refractivity contribution in [3.63, 3.8) is 0 Å². The molecular weight excluding hydrogens is 456 g/mol. The summed E-state index contributed by atoms with van der Waals surface area (Å²) in [5, 5.41) is 0. The van der Waals surface area contributed by atoms with Crippen LogP contribution < -0.4 is 0 Å². The van der Waals surface area contributed by atoms with Gasteiger partial charge in [-0.3, -0.25) is 0 Å². The summed E-state index contributed by atoms with van der Waals surface area (Å²) >= 11 is 0. The second kappa shape index (κ2) is 16.3. The van der Waals surface area contributed by atoms with Crippen LogP contribution in [-0.4, -0.2) is 0 Å². The minimum Gasteiger partial charge on any atom is -0.0727 e. The van der Waals surface area contributed by atoms with Gasteiger partial charge in [0.05, 0.1) is 0 Å². The molecule has 0 unspecified atom stereocenters. The summed E-state index contributed by atoms with van der Waals surface area (Å²) in [7, 11) is 0. The zero-order valence-corrected chi connectivity index (χ0v) is 25.8. The zero-order valence-electron chi connectivity index (χ0n) is 25.8. The first-order valence-electron chi connectivity index (χ1n) is 16.5. The van der Waals surface area contributed by atoms with E-state index in [1.54, 1.807) is 11.1 Å². The van der Waals surface area contributed by atoms with Crippen LogP contribution in [0.15, 0.2) is 42.0 Å². The minimum atomic E-state index is 0.187. The van der Waals surface area contributed by atoms with E-state index in [2.05, 4.69) is 77.1 Å². The maximum Gasteiger partial charge on any atom is 0.0215 e. The van der Waals surface area contributed by atoms with Crippen LogP contribution in [0.5, 0.6) is 0 Å². The Morgan fingerprint density at radius 2 is 1.11 bits per heavy atom. The number of rotatable bonds is 19. The molecule has 1 aliphatic carbocycles. The van der Waals surface area contributed by atoms with Gasteiger partial charge in [-0.05, 0) is 67.3 Å². The lowest BCUT2D eigenvalue weighted by atomic mass is 9.70. The van der Waals surface area contributed by atoms with Crippen molar-refractivity contribution in [3.8, 4) is 11.1 Å². The van der Waals surface area contributed by atoms with Gasteiger partial charge in [0.25, 0.3) is 0 Å². The topological polar surface area (TPSA) is 0 Å². The fourth-order valence-corrected chi connectivity index (χ4v) is 6.80. The molecule has 2 aromatic carbocycles. The summed E-state index contributed by atoms with van der Waals surface area (Å²) in [5.74, 6) is 0. The molecule has 210 valence electrons. The Morgan fingerprint density at radius 1 is 0.605 bits per heavy atom. The molecule has 0 amide bonds. The van der Waals surface area contributed by atoms with E-state index < -0.39 is 0 Å². The number of hydrogen-bond acceptors (Lipinski definition) is 0. The summed E-state index contributed by atoms with van der Waals surface area (Å²) in [5.41, 5.74) is 10.8. The first-order valence-corrected chi connectivity index (χ1v) is 16.5. The van der Waals surface area contributed by atoms with Crippen molar-refractivity contribution in [1.29, 1.82) is 0 Å². The lowest BCUT2D eigenvalue weighted by Crippen LogP contribution is -2.25. The van der Waals surface area contributed by atoms with Gasteiger partial charge in [-0.2, -0.15) is 0 Å². The third-order valence-electron chi connectivity index (χ3n) is 9.04. The SMILES string of the molecule is CCCCCCCCC1(CCCCCCCC)c2cc(C)ccc2-c2ccc(C=C(C)CCCCC)cc21.